The highest BCUT2D eigenvalue weighted by atomic mass is 16.7. The maximum Gasteiger partial charge on any atom is 0.326 e. The average Bonchev–Trinajstić information content (AvgIpc) is 3.68. The van der Waals surface area contributed by atoms with Crippen molar-refractivity contribution in [3.8, 4) is 0 Å². The number of rotatable bonds is 6. The molecule has 42 heavy (non-hydrogen) atoms. The van der Waals surface area contributed by atoms with Crippen molar-refractivity contribution in [2.24, 2.45) is 34.5 Å². The van der Waals surface area contributed by atoms with Gasteiger partial charge in [0.2, 0.25) is 5.78 Å². The third-order valence-electron chi connectivity index (χ3n) is 11.9. The molecule has 0 aromatic carbocycles. The van der Waals surface area contributed by atoms with Gasteiger partial charge in [0.05, 0.1) is 18.5 Å². The van der Waals surface area contributed by atoms with E-state index in [0.717, 1.165) is 44.1 Å². The molecule has 226 valence electrons. The third-order valence-corrected chi connectivity index (χ3v) is 11.9. The Balaban J connectivity index is 1.20. The van der Waals surface area contributed by atoms with Gasteiger partial charge in [-0.1, -0.05) is 44.8 Å². The van der Waals surface area contributed by atoms with E-state index in [2.05, 4.69) is 18.8 Å². The summed E-state index contributed by atoms with van der Waals surface area (Å²) in [6.45, 7) is 3.82. The van der Waals surface area contributed by atoms with Crippen LogP contribution < -0.4 is 0 Å². The largest absolute Gasteiger partial charge is 0.456 e. The van der Waals surface area contributed by atoms with E-state index in [1.165, 1.54) is 12.7 Å². The highest BCUT2D eigenvalue weighted by Crippen LogP contribution is 2.70. The van der Waals surface area contributed by atoms with Crippen LogP contribution in [0.2, 0.25) is 0 Å². The molecule has 0 amide bonds. The first-order valence-electron chi connectivity index (χ1n) is 15.8. The summed E-state index contributed by atoms with van der Waals surface area (Å²) >= 11 is 0. The van der Waals surface area contributed by atoms with Crippen LogP contribution in [0.25, 0.3) is 0 Å². The molecule has 7 rings (SSSR count). The van der Waals surface area contributed by atoms with Crippen LogP contribution in [0.15, 0.2) is 42.5 Å². The predicted octanol–water partition coefficient (Wildman–Crippen LogP) is 3.94. The Kier molecular flexibility index (Phi) is 6.87. The van der Waals surface area contributed by atoms with Crippen LogP contribution in [-0.4, -0.2) is 62.9 Å². The van der Waals surface area contributed by atoms with Gasteiger partial charge in [-0.25, -0.2) is 4.98 Å². The number of carbonyl (C=O) groups excluding carboxylic acids is 3. The van der Waals surface area contributed by atoms with Crippen LogP contribution in [0.5, 0.6) is 0 Å². The second-order valence-electron chi connectivity index (χ2n) is 14.0. The normalized spacial score (nSPS) is 42.7. The molecule has 9 heteroatoms. The van der Waals surface area contributed by atoms with Crippen LogP contribution in [0, 0.1) is 34.5 Å². The van der Waals surface area contributed by atoms with E-state index in [4.69, 9.17) is 14.2 Å². The number of Topliss-reactive ketones (excluding diaryl/α,β-unsaturated/α-hetero) is 1. The molecule has 1 saturated heterocycles. The van der Waals surface area contributed by atoms with E-state index in [9.17, 15) is 19.5 Å². The second kappa shape index (κ2) is 10.2. The van der Waals surface area contributed by atoms with E-state index in [0.29, 0.717) is 12.8 Å². The fourth-order valence-electron chi connectivity index (χ4n) is 10.0. The molecule has 0 radical (unpaired) electrons. The molecule has 9 atom stereocenters. The fourth-order valence-corrected chi connectivity index (χ4v) is 10.0. The molecule has 5 aliphatic carbocycles. The molecule has 2 heterocycles. The van der Waals surface area contributed by atoms with Gasteiger partial charge in [0.25, 0.3) is 0 Å². The number of aromatic nitrogens is 2. The minimum Gasteiger partial charge on any atom is -0.456 e. The maximum atomic E-state index is 14.4. The topological polar surface area (TPSA) is 117 Å². The molecule has 0 unspecified atom stereocenters. The molecule has 0 bridgehead atoms. The van der Waals surface area contributed by atoms with Gasteiger partial charge in [-0.05, 0) is 62.5 Å². The van der Waals surface area contributed by atoms with Gasteiger partial charge < -0.3 is 23.9 Å². The molecule has 1 N–H and O–H groups in total. The molecule has 1 aromatic rings. The Hall–Kier alpha value is -2.62. The van der Waals surface area contributed by atoms with Gasteiger partial charge in [0, 0.05) is 35.1 Å². The number of imidazole rings is 1. The lowest BCUT2D eigenvalue weighted by Gasteiger charge is -2.59. The zero-order valence-electron chi connectivity index (χ0n) is 24.6. The molecule has 9 nitrogen and oxygen atoms in total. The number of ketones is 2. The van der Waals surface area contributed by atoms with E-state index < -0.39 is 47.5 Å². The summed E-state index contributed by atoms with van der Waals surface area (Å²) in [5, 5.41) is 11.9. The van der Waals surface area contributed by atoms with Gasteiger partial charge in [0.15, 0.2) is 24.3 Å². The van der Waals surface area contributed by atoms with Gasteiger partial charge in [-0.15, -0.1) is 0 Å². The van der Waals surface area contributed by atoms with Crippen molar-refractivity contribution < 1.29 is 33.7 Å². The number of esters is 1. The first kappa shape index (κ1) is 28.2. The number of ether oxygens (including phenoxy) is 3. The standard InChI is InChI=1S/C33H42N2O7/c1-31-11-10-22(36)14-21(31)8-9-23-24-15-27-33(32(24,2)16-25(37)29(23)31,42-30(41-27)20-6-4-3-5-7-20)26(38)18-40-28(39)17-35-13-12-34-19-35/h10-14,19-20,23-25,27,29-30,37H,3-9,15-18H2,1-2H3/t23-,24-,25-,27+,29+,30+,31-,32-,33+/m0/s1. The van der Waals surface area contributed by atoms with Crippen molar-refractivity contribution in [2.45, 2.75) is 102 Å². The fraction of sp³-hybridized carbons (Fsp3) is 0.697. The van der Waals surface area contributed by atoms with Crippen LogP contribution >= 0.6 is 0 Å². The highest BCUT2D eigenvalue weighted by molar-refractivity contribution is 6.01. The quantitative estimate of drug-likeness (QED) is 0.505. The number of aliphatic hydroxyl groups excluding tert-OH is 1. The van der Waals surface area contributed by atoms with Crippen LogP contribution in [-0.2, 0) is 35.1 Å². The molecule has 1 aromatic heterocycles. The van der Waals surface area contributed by atoms with Gasteiger partial charge in [0.1, 0.15) is 6.54 Å². The summed E-state index contributed by atoms with van der Waals surface area (Å²) in [5.74, 6) is -0.393. The van der Waals surface area contributed by atoms with Crippen molar-refractivity contribution in [1.29, 1.82) is 0 Å². The first-order chi connectivity index (χ1) is 20.2. The van der Waals surface area contributed by atoms with Crippen molar-refractivity contribution in [3.05, 3.63) is 42.5 Å². The second-order valence-corrected chi connectivity index (χ2v) is 14.0. The lowest BCUT2D eigenvalue weighted by atomic mass is 9.46. The molecule has 1 aliphatic heterocycles. The zero-order chi connectivity index (χ0) is 29.3. The Morgan fingerprint density at radius 1 is 1.19 bits per heavy atom. The summed E-state index contributed by atoms with van der Waals surface area (Å²) in [6, 6.07) is 0. The number of hydrogen-bond donors (Lipinski definition) is 1. The van der Waals surface area contributed by atoms with Crippen LogP contribution in [0.4, 0.5) is 0 Å². The summed E-state index contributed by atoms with van der Waals surface area (Å²) in [6.07, 6.45) is 16.7. The van der Waals surface area contributed by atoms with E-state index >= 15 is 0 Å². The molecular formula is C33H42N2O7. The van der Waals surface area contributed by atoms with Crippen molar-refractivity contribution in [2.75, 3.05) is 6.61 Å². The molecule has 0 spiro atoms. The highest BCUT2D eigenvalue weighted by Gasteiger charge is 2.76. The summed E-state index contributed by atoms with van der Waals surface area (Å²) in [4.78, 5) is 43.2. The van der Waals surface area contributed by atoms with E-state index in [1.54, 1.807) is 29.1 Å². The van der Waals surface area contributed by atoms with Gasteiger partial charge in [-0.2, -0.15) is 0 Å². The number of hydrogen-bond acceptors (Lipinski definition) is 8. The minimum absolute atomic E-state index is 0.00847. The van der Waals surface area contributed by atoms with Crippen molar-refractivity contribution in [1.82, 2.24) is 9.55 Å². The minimum atomic E-state index is -1.30. The van der Waals surface area contributed by atoms with E-state index in [1.807, 2.05) is 6.08 Å². The molecule has 4 saturated carbocycles. The Morgan fingerprint density at radius 3 is 2.76 bits per heavy atom. The summed E-state index contributed by atoms with van der Waals surface area (Å²) < 4.78 is 20.8. The lowest BCUT2D eigenvalue weighted by Crippen LogP contribution is -2.63. The predicted molar refractivity (Wildman–Crippen MR) is 151 cm³/mol. The lowest BCUT2D eigenvalue weighted by molar-refractivity contribution is -0.210. The Bertz CT molecular complexity index is 1320. The molecule has 5 fully saturated rings. The number of nitrogens with zero attached hydrogens (tertiary/aromatic N) is 2. The monoisotopic (exact) mass is 578 g/mol. The number of allylic oxidation sites excluding steroid dienone is 4. The molecular weight excluding hydrogens is 536 g/mol. The van der Waals surface area contributed by atoms with Gasteiger partial charge >= 0.3 is 5.97 Å². The number of carbonyl (C=O) groups is 3. The van der Waals surface area contributed by atoms with Crippen molar-refractivity contribution >= 4 is 17.5 Å². The van der Waals surface area contributed by atoms with Crippen molar-refractivity contribution in [3.63, 3.8) is 0 Å². The average molecular weight is 579 g/mol. The van der Waals surface area contributed by atoms with Gasteiger partial charge in [-0.3, -0.25) is 14.4 Å². The SMILES string of the molecule is C[C@]12C=CC(=O)C=C1CC[C@@H]1[C@@H]2[C@@H](O)C[C@@]2(C)[C@H]1C[C@H]1O[C@@H](C3CCCCC3)O[C@]12C(=O)COC(=O)Cn1ccnc1. The maximum absolute atomic E-state index is 14.4. The van der Waals surface area contributed by atoms with E-state index in [-0.39, 0.29) is 41.8 Å². The van der Waals surface area contributed by atoms with Crippen LogP contribution in [0.3, 0.4) is 0 Å². The zero-order valence-corrected chi connectivity index (χ0v) is 24.6. The number of fused-ring (bicyclic) bond motifs is 7. The Labute approximate surface area is 246 Å². The summed E-state index contributed by atoms with van der Waals surface area (Å²) in [7, 11) is 0. The first-order valence-corrected chi connectivity index (χ1v) is 15.8. The number of aliphatic hydroxyl groups is 1. The Morgan fingerprint density at radius 2 is 2.00 bits per heavy atom. The third kappa shape index (κ3) is 4.14. The smallest absolute Gasteiger partial charge is 0.326 e. The summed E-state index contributed by atoms with van der Waals surface area (Å²) in [5.41, 5.74) is -1.29. The molecule has 6 aliphatic rings. The van der Waals surface area contributed by atoms with Crippen LogP contribution in [0.1, 0.15) is 71.6 Å².